The minimum atomic E-state index is -0.533. The van der Waals surface area contributed by atoms with Crippen LogP contribution >= 0.6 is 0 Å². The number of nitrogens with two attached hydrogens (primary N) is 1. The molecule has 1 aliphatic rings. The molecule has 2 heterocycles. The fourth-order valence-corrected chi connectivity index (χ4v) is 3.66. The molecule has 0 amide bonds. The van der Waals surface area contributed by atoms with Gasteiger partial charge in [0.1, 0.15) is 17.9 Å². The number of anilines is 2. The van der Waals surface area contributed by atoms with Crippen molar-refractivity contribution in [3.63, 3.8) is 0 Å². The molecule has 0 aliphatic carbocycles. The maximum atomic E-state index is 14.5. The summed E-state index contributed by atoms with van der Waals surface area (Å²) in [5.41, 5.74) is 8.97. The molecule has 1 unspecified atom stereocenters. The van der Waals surface area contributed by atoms with Gasteiger partial charge >= 0.3 is 0 Å². The first-order valence-electron chi connectivity index (χ1n) is 8.44. The fraction of sp³-hybridized carbons (Fsp3) is 0.250. The molecule has 1 aliphatic heterocycles. The van der Waals surface area contributed by atoms with Crippen molar-refractivity contribution in [1.29, 1.82) is 0 Å². The predicted molar refractivity (Wildman–Crippen MR) is 98.9 cm³/mol. The topological polar surface area (TPSA) is 62.4 Å². The van der Waals surface area contributed by atoms with Crippen molar-refractivity contribution in [2.24, 2.45) is 0 Å². The quantitative estimate of drug-likeness (QED) is 0.745. The Labute approximate surface area is 145 Å². The van der Waals surface area contributed by atoms with Crippen molar-refractivity contribution in [2.45, 2.75) is 26.0 Å². The number of aryl methyl sites for hydroxylation is 1. The van der Waals surface area contributed by atoms with Crippen molar-refractivity contribution >= 4 is 22.3 Å². The summed E-state index contributed by atoms with van der Waals surface area (Å²) in [4.78, 5) is 6.14. The summed E-state index contributed by atoms with van der Waals surface area (Å²) in [5, 5.41) is 12.1. The van der Waals surface area contributed by atoms with E-state index >= 15 is 0 Å². The van der Waals surface area contributed by atoms with Gasteiger partial charge in [-0.05, 0) is 55.2 Å². The van der Waals surface area contributed by atoms with Crippen molar-refractivity contribution < 1.29 is 9.50 Å². The number of hydrogen-bond donors (Lipinski definition) is 2. The van der Waals surface area contributed by atoms with E-state index in [2.05, 4.69) is 4.98 Å². The van der Waals surface area contributed by atoms with Gasteiger partial charge in [-0.15, -0.1) is 0 Å². The van der Waals surface area contributed by atoms with Crippen LogP contribution < -0.4 is 10.6 Å². The molecule has 25 heavy (non-hydrogen) atoms. The lowest BCUT2D eigenvalue weighted by Crippen LogP contribution is -2.28. The van der Waals surface area contributed by atoms with Gasteiger partial charge < -0.3 is 15.7 Å². The third-order valence-electron chi connectivity index (χ3n) is 4.88. The van der Waals surface area contributed by atoms with Gasteiger partial charge in [-0.1, -0.05) is 12.1 Å². The summed E-state index contributed by atoms with van der Waals surface area (Å²) in [5.74, 6) is 0.174. The Hall–Kier alpha value is -2.66. The highest BCUT2D eigenvalue weighted by atomic mass is 19.1. The van der Waals surface area contributed by atoms with Crippen molar-refractivity contribution in [2.75, 3.05) is 17.2 Å². The molecule has 5 heteroatoms. The van der Waals surface area contributed by atoms with Crippen molar-refractivity contribution in [1.82, 2.24) is 4.98 Å². The van der Waals surface area contributed by atoms with E-state index in [1.54, 1.807) is 12.3 Å². The molecule has 0 radical (unpaired) electrons. The van der Waals surface area contributed by atoms with E-state index in [9.17, 15) is 9.50 Å². The minimum Gasteiger partial charge on any atom is -0.384 e. The van der Waals surface area contributed by atoms with Crippen LogP contribution in [-0.2, 0) is 0 Å². The Balaban J connectivity index is 2.00. The van der Waals surface area contributed by atoms with E-state index in [0.717, 1.165) is 47.0 Å². The number of aromatic nitrogens is 1. The highest BCUT2D eigenvalue weighted by Gasteiger charge is 2.25. The van der Waals surface area contributed by atoms with Crippen LogP contribution in [0.3, 0.4) is 0 Å². The largest absolute Gasteiger partial charge is 0.384 e. The SMILES string of the molecule is Cc1cccc(F)c1-c1cc(N2CCCC2O)c2cc(N)ncc2c1. The summed E-state index contributed by atoms with van der Waals surface area (Å²) in [7, 11) is 0. The zero-order chi connectivity index (χ0) is 17.6. The third-order valence-corrected chi connectivity index (χ3v) is 4.88. The fourth-order valence-electron chi connectivity index (χ4n) is 3.66. The second-order valence-corrected chi connectivity index (χ2v) is 6.57. The van der Waals surface area contributed by atoms with Crippen LogP contribution in [0.4, 0.5) is 15.9 Å². The first-order valence-corrected chi connectivity index (χ1v) is 8.44. The van der Waals surface area contributed by atoms with Crippen LogP contribution in [0, 0.1) is 12.7 Å². The van der Waals surface area contributed by atoms with Gasteiger partial charge in [0.25, 0.3) is 0 Å². The molecule has 0 saturated carbocycles. The van der Waals surface area contributed by atoms with Crippen LogP contribution in [0.15, 0.2) is 42.6 Å². The van der Waals surface area contributed by atoms with E-state index in [4.69, 9.17) is 5.73 Å². The van der Waals surface area contributed by atoms with Crippen LogP contribution in [0.1, 0.15) is 18.4 Å². The molecule has 128 valence electrons. The first kappa shape index (κ1) is 15.8. The number of nitrogens with zero attached hydrogens (tertiary/aromatic N) is 2. The smallest absolute Gasteiger partial charge is 0.131 e. The average molecular weight is 337 g/mol. The summed E-state index contributed by atoms with van der Waals surface area (Å²) >= 11 is 0. The summed E-state index contributed by atoms with van der Waals surface area (Å²) in [6, 6.07) is 10.8. The Morgan fingerprint density at radius 1 is 1.28 bits per heavy atom. The Kier molecular flexibility index (Phi) is 3.81. The number of fused-ring (bicyclic) bond motifs is 1. The molecule has 4 nitrogen and oxygen atoms in total. The zero-order valence-electron chi connectivity index (χ0n) is 14.0. The molecule has 0 bridgehead atoms. The maximum absolute atomic E-state index is 14.5. The zero-order valence-corrected chi connectivity index (χ0v) is 14.0. The Morgan fingerprint density at radius 3 is 2.84 bits per heavy atom. The molecule has 2 aromatic carbocycles. The lowest BCUT2D eigenvalue weighted by Gasteiger charge is -2.25. The van der Waals surface area contributed by atoms with E-state index in [1.807, 2.05) is 36.1 Å². The molecular formula is C20H20FN3O. The molecule has 0 spiro atoms. The lowest BCUT2D eigenvalue weighted by molar-refractivity contribution is 0.186. The van der Waals surface area contributed by atoms with Gasteiger partial charge in [-0.2, -0.15) is 0 Å². The van der Waals surface area contributed by atoms with Gasteiger partial charge in [0.2, 0.25) is 0 Å². The summed E-state index contributed by atoms with van der Waals surface area (Å²) < 4.78 is 14.5. The number of aliphatic hydroxyl groups excluding tert-OH is 1. The number of hydrogen-bond acceptors (Lipinski definition) is 4. The highest BCUT2D eigenvalue weighted by Crippen LogP contribution is 2.38. The second kappa shape index (κ2) is 6.01. The summed E-state index contributed by atoms with van der Waals surface area (Å²) in [6.07, 6.45) is 2.82. The maximum Gasteiger partial charge on any atom is 0.131 e. The minimum absolute atomic E-state index is 0.254. The molecule has 1 aromatic heterocycles. The van der Waals surface area contributed by atoms with E-state index in [-0.39, 0.29) is 5.82 Å². The van der Waals surface area contributed by atoms with Gasteiger partial charge in [0.05, 0.1) is 0 Å². The number of halogens is 1. The number of pyridine rings is 1. The normalized spacial score (nSPS) is 17.4. The van der Waals surface area contributed by atoms with Gasteiger partial charge in [0, 0.05) is 34.8 Å². The Bertz CT molecular complexity index is 937. The molecule has 1 atom stereocenters. The third kappa shape index (κ3) is 2.70. The van der Waals surface area contributed by atoms with Gasteiger partial charge in [-0.3, -0.25) is 0 Å². The van der Waals surface area contributed by atoms with Crippen LogP contribution in [-0.4, -0.2) is 22.9 Å². The predicted octanol–water partition coefficient (Wildman–Crippen LogP) is 3.85. The second-order valence-electron chi connectivity index (χ2n) is 6.57. The van der Waals surface area contributed by atoms with Gasteiger partial charge in [-0.25, -0.2) is 9.37 Å². The standard InChI is InChI=1S/C20H20FN3O/c1-12-4-2-5-16(21)20(12)13-8-14-11-23-18(22)10-15(14)17(9-13)24-7-3-6-19(24)25/h2,4-5,8-11,19,25H,3,6-7H2,1H3,(H2,22,23). The number of aliphatic hydroxyl groups is 1. The van der Waals surface area contributed by atoms with Gasteiger partial charge in [0.15, 0.2) is 0 Å². The molecular weight excluding hydrogens is 317 g/mol. The number of benzene rings is 2. The monoisotopic (exact) mass is 337 g/mol. The van der Waals surface area contributed by atoms with Crippen molar-refractivity contribution in [3.8, 4) is 11.1 Å². The average Bonchev–Trinajstić information content (AvgIpc) is 3.00. The van der Waals surface area contributed by atoms with E-state index < -0.39 is 6.23 Å². The van der Waals surface area contributed by atoms with E-state index in [1.165, 1.54) is 6.07 Å². The van der Waals surface area contributed by atoms with Crippen molar-refractivity contribution in [3.05, 3.63) is 54.0 Å². The Morgan fingerprint density at radius 2 is 2.12 bits per heavy atom. The lowest BCUT2D eigenvalue weighted by atomic mass is 9.96. The number of rotatable bonds is 2. The molecule has 1 fully saturated rings. The first-order chi connectivity index (χ1) is 12.0. The molecule has 1 saturated heterocycles. The molecule has 3 N–H and O–H groups in total. The van der Waals surface area contributed by atoms with Crippen LogP contribution in [0.5, 0.6) is 0 Å². The molecule has 4 rings (SSSR count). The van der Waals surface area contributed by atoms with Crippen LogP contribution in [0.25, 0.3) is 21.9 Å². The highest BCUT2D eigenvalue weighted by molar-refractivity contribution is 5.99. The van der Waals surface area contributed by atoms with E-state index in [0.29, 0.717) is 11.4 Å². The van der Waals surface area contributed by atoms with Crippen LogP contribution in [0.2, 0.25) is 0 Å². The number of nitrogen functional groups attached to an aromatic ring is 1. The molecule has 3 aromatic rings. The summed E-state index contributed by atoms with van der Waals surface area (Å²) in [6.45, 7) is 2.66.